The van der Waals surface area contributed by atoms with Crippen molar-refractivity contribution >= 4 is 17.5 Å². The molecule has 0 amide bonds. The van der Waals surface area contributed by atoms with Crippen molar-refractivity contribution in [3.8, 4) is 11.5 Å². The number of hydrogen-bond acceptors (Lipinski definition) is 5. The molecule has 6 heteroatoms. The standard InChI is InChI=1S/C28H27FN2O3/c1-18-7-9-20(10-8-18)16-25-27(33)26-19(2)15-24(32)21(28(26)34-25)17-30-11-13-31(14-12-30)23-6-4-3-5-22(23)29/h3-10,15-16,32H,11-14,17H2,1-2H3/b25-16-. The Balaban J connectivity index is 1.36. The second-order valence-corrected chi connectivity index (χ2v) is 8.96. The minimum absolute atomic E-state index is 0.122. The fraction of sp³-hybridized carbons (Fsp3) is 0.250. The van der Waals surface area contributed by atoms with Crippen LogP contribution < -0.4 is 9.64 Å². The van der Waals surface area contributed by atoms with E-state index >= 15 is 0 Å². The van der Waals surface area contributed by atoms with Crippen LogP contribution in [0.15, 0.2) is 60.4 Å². The summed E-state index contributed by atoms with van der Waals surface area (Å²) in [5.74, 6) is 0.441. The van der Waals surface area contributed by atoms with E-state index in [2.05, 4.69) is 4.90 Å². The van der Waals surface area contributed by atoms with Gasteiger partial charge in [0.1, 0.15) is 17.3 Å². The van der Waals surface area contributed by atoms with Gasteiger partial charge < -0.3 is 14.7 Å². The number of halogens is 1. The molecule has 5 nitrogen and oxygen atoms in total. The second kappa shape index (κ2) is 8.95. The summed E-state index contributed by atoms with van der Waals surface area (Å²) < 4.78 is 20.2. The zero-order valence-corrected chi connectivity index (χ0v) is 19.3. The first-order valence-electron chi connectivity index (χ1n) is 11.5. The number of fused-ring (bicyclic) bond motifs is 1. The van der Waals surface area contributed by atoms with Crippen LogP contribution in [0.4, 0.5) is 10.1 Å². The minimum Gasteiger partial charge on any atom is -0.507 e. The Hall–Kier alpha value is -3.64. The maximum atomic E-state index is 14.2. The van der Waals surface area contributed by atoms with Gasteiger partial charge in [-0.05, 0) is 49.2 Å². The number of allylic oxidation sites excluding steroid dienone is 1. The number of aryl methyl sites for hydroxylation is 2. The quantitative estimate of drug-likeness (QED) is 0.552. The van der Waals surface area contributed by atoms with Crippen molar-refractivity contribution in [1.82, 2.24) is 4.90 Å². The molecule has 0 aliphatic carbocycles. The average Bonchev–Trinajstić information content (AvgIpc) is 3.15. The molecule has 3 aromatic carbocycles. The molecule has 0 spiro atoms. The van der Waals surface area contributed by atoms with Gasteiger partial charge in [-0.25, -0.2) is 4.39 Å². The number of Topliss-reactive ketones (excluding diaryl/α,β-unsaturated/α-hetero) is 1. The minimum atomic E-state index is -0.218. The lowest BCUT2D eigenvalue weighted by Gasteiger charge is -2.36. The fourth-order valence-electron chi connectivity index (χ4n) is 4.63. The van der Waals surface area contributed by atoms with Crippen LogP contribution >= 0.6 is 0 Å². The van der Waals surface area contributed by atoms with Gasteiger partial charge in [0.15, 0.2) is 5.76 Å². The van der Waals surface area contributed by atoms with Crippen molar-refractivity contribution in [3.05, 3.63) is 94.0 Å². The Bertz CT molecular complexity index is 1280. The van der Waals surface area contributed by atoms with E-state index in [0.717, 1.165) is 11.1 Å². The van der Waals surface area contributed by atoms with Crippen LogP contribution in [0.1, 0.15) is 32.6 Å². The molecule has 2 aliphatic heterocycles. The van der Waals surface area contributed by atoms with Gasteiger partial charge >= 0.3 is 0 Å². The number of aromatic hydroxyl groups is 1. The van der Waals surface area contributed by atoms with Gasteiger partial charge in [0, 0.05) is 32.7 Å². The van der Waals surface area contributed by atoms with Crippen molar-refractivity contribution < 1.29 is 19.0 Å². The highest BCUT2D eigenvalue weighted by molar-refractivity contribution is 6.15. The van der Waals surface area contributed by atoms with Crippen molar-refractivity contribution in [1.29, 1.82) is 0 Å². The molecular weight excluding hydrogens is 431 g/mol. The predicted octanol–water partition coefficient (Wildman–Crippen LogP) is 5.09. The molecule has 0 radical (unpaired) electrons. The smallest absolute Gasteiger partial charge is 0.232 e. The lowest BCUT2D eigenvalue weighted by Crippen LogP contribution is -2.46. The van der Waals surface area contributed by atoms with Crippen LogP contribution in [-0.2, 0) is 6.54 Å². The highest BCUT2D eigenvalue weighted by atomic mass is 19.1. The zero-order chi connectivity index (χ0) is 23.8. The fourth-order valence-corrected chi connectivity index (χ4v) is 4.63. The number of benzene rings is 3. The number of carbonyl (C=O) groups excluding carboxylic acids is 1. The van der Waals surface area contributed by atoms with E-state index in [1.165, 1.54) is 6.07 Å². The van der Waals surface area contributed by atoms with E-state index in [9.17, 15) is 14.3 Å². The molecule has 174 valence electrons. The Morgan fingerprint density at radius 1 is 1.03 bits per heavy atom. The molecule has 0 saturated carbocycles. The SMILES string of the molecule is Cc1ccc(/C=C2\Oc3c(CN4CCN(c5ccccc5F)CC4)c(O)cc(C)c3C2=O)cc1. The summed E-state index contributed by atoms with van der Waals surface area (Å²) in [4.78, 5) is 17.4. The molecule has 3 aromatic rings. The van der Waals surface area contributed by atoms with Crippen molar-refractivity contribution in [3.63, 3.8) is 0 Å². The third kappa shape index (κ3) is 4.17. The monoisotopic (exact) mass is 458 g/mol. The van der Waals surface area contributed by atoms with Gasteiger partial charge in [0.05, 0.1) is 16.8 Å². The molecule has 0 unspecified atom stereocenters. The van der Waals surface area contributed by atoms with Crippen molar-refractivity contribution in [2.45, 2.75) is 20.4 Å². The Morgan fingerprint density at radius 2 is 1.74 bits per heavy atom. The molecule has 5 rings (SSSR count). The largest absolute Gasteiger partial charge is 0.507 e. The van der Waals surface area contributed by atoms with E-state index in [1.807, 2.05) is 49.1 Å². The third-order valence-corrected chi connectivity index (χ3v) is 6.54. The Labute approximate surface area is 198 Å². The molecular formula is C28H27FN2O3. The number of anilines is 1. The van der Waals surface area contributed by atoms with Crippen molar-refractivity contribution in [2.24, 2.45) is 0 Å². The van der Waals surface area contributed by atoms with Crippen LogP contribution in [0, 0.1) is 19.7 Å². The molecule has 34 heavy (non-hydrogen) atoms. The predicted molar refractivity (Wildman–Crippen MR) is 131 cm³/mol. The first-order valence-corrected chi connectivity index (χ1v) is 11.5. The number of ketones is 1. The number of nitrogens with zero attached hydrogens (tertiary/aromatic N) is 2. The summed E-state index contributed by atoms with van der Waals surface area (Å²) in [7, 11) is 0. The number of hydrogen-bond donors (Lipinski definition) is 1. The summed E-state index contributed by atoms with van der Waals surface area (Å²) in [5.41, 5.74) is 4.45. The van der Waals surface area contributed by atoms with Crippen LogP contribution in [0.2, 0.25) is 0 Å². The number of piperazine rings is 1. The van der Waals surface area contributed by atoms with Crippen LogP contribution in [0.5, 0.6) is 11.5 Å². The van der Waals surface area contributed by atoms with E-state index in [4.69, 9.17) is 4.74 Å². The van der Waals surface area contributed by atoms with E-state index < -0.39 is 0 Å². The Kier molecular flexibility index (Phi) is 5.84. The second-order valence-electron chi connectivity index (χ2n) is 8.96. The van der Waals surface area contributed by atoms with Gasteiger partial charge in [-0.15, -0.1) is 0 Å². The van der Waals surface area contributed by atoms with Gasteiger partial charge in [-0.1, -0.05) is 42.0 Å². The summed E-state index contributed by atoms with van der Waals surface area (Å²) in [6.45, 7) is 7.03. The van der Waals surface area contributed by atoms with Crippen LogP contribution in [0.3, 0.4) is 0 Å². The molecule has 0 bridgehead atoms. The Morgan fingerprint density at radius 3 is 2.44 bits per heavy atom. The first-order chi connectivity index (χ1) is 16.4. The maximum Gasteiger partial charge on any atom is 0.232 e. The van der Waals surface area contributed by atoms with Gasteiger partial charge in [-0.3, -0.25) is 9.69 Å². The number of para-hydroxylation sites is 1. The molecule has 1 N–H and O–H groups in total. The lowest BCUT2D eigenvalue weighted by atomic mass is 9.99. The molecule has 2 aliphatic rings. The number of carbonyl (C=O) groups is 1. The van der Waals surface area contributed by atoms with E-state index in [0.29, 0.717) is 60.9 Å². The molecule has 0 atom stereocenters. The normalized spacial score (nSPS) is 17.2. The summed E-state index contributed by atoms with van der Waals surface area (Å²) in [6.07, 6.45) is 1.75. The number of phenols is 1. The molecule has 2 heterocycles. The van der Waals surface area contributed by atoms with Crippen molar-refractivity contribution in [2.75, 3.05) is 31.1 Å². The molecule has 1 fully saturated rings. The number of ether oxygens (including phenoxy) is 1. The highest BCUT2D eigenvalue weighted by Gasteiger charge is 2.34. The van der Waals surface area contributed by atoms with Crippen LogP contribution in [0.25, 0.3) is 6.08 Å². The molecule has 1 saturated heterocycles. The number of phenolic OH excluding ortho intramolecular Hbond substituents is 1. The highest BCUT2D eigenvalue weighted by Crippen LogP contribution is 2.42. The topological polar surface area (TPSA) is 53.0 Å². The summed E-state index contributed by atoms with van der Waals surface area (Å²) in [6, 6.07) is 16.3. The van der Waals surface area contributed by atoms with Gasteiger partial charge in [-0.2, -0.15) is 0 Å². The third-order valence-electron chi connectivity index (χ3n) is 6.54. The van der Waals surface area contributed by atoms with Gasteiger partial charge in [0.25, 0.3) is 0 Å². The average molecular weight is 459 g/mol. The lowest BCUT2D eigenvalue weighted by molar-refractivity contribution is 0.101. The van der Waals surface area contributed by atoms with Gasteiger partial charge in [0.2, 0.25) is 5.78 Å². The maximum absolute atomic E-state index is 14.2. The molecule has 0 aromatic heterocycles. The summed E-state index contributed by atoms with van der Waals surface area (Å²) >= 11 is 0. The van der Waals surface area contributed by atoms with Crippen LogP contribution in [-0.4, -0.2) is 42.0 Å². The summed E-state index contributed by atoms with van der Waals surface area (Å²) in [5, 5.41) is 10.7. The zero-order valence-electron chi connectivity index (χ0n) is 19.3. The first kappa shape index (κ1) is 22.2. The van der Waals surface area contributed by atoms with E-state index in [-0.39, 0.29) is 23.1 Å². The van der Waals surface area contributed by atoms with E-state index in [1.54, 1.807) is 24.3 Å². The number of rotatable bonds is 4.